The minimum absolute atomic E-state index is 0.104. The number of amides is 3. The molecular weight excluding hydrogens is 571 g/mol. The SMILES string of the molecule is Cc1ccc(CNC[C@H](NC(=O)CNC(=O)c2cc(NCc3ccccc3)cc(C(F)(F)F)c2)C(=O)NC(C)(C)C)c(C)c1. The fourth-order valence-corrected chi connectivity index (χ4v) is 4.39. The van der Waals surface area contributed by atoms with E-state index in [9.17, 15) is 27.6 Å². The summed E-state index contributed by atoms with van der Waals surface area (Å²) < 4.78 is 40.8. The van der Waals surface area contributed by atoms with E-state index >= 15 is 0 Å². The van der Waals surface area contributed by atoms with E-state index in [4.69, 9.17) is 0 Å². The average molecular weight is 612 g/mol. The fraction of sp³-hybridized carbons (Fsp3) is 0.364. The average Bonchev–Trinajstić information content (AvgIpc) is 2.94. The molecule has 236 valence electrons. The van der Waals surface area contributed by atoms with Crippen LogP contribution in [0.2, 0.25) is 0 Å². The Morgan fingerprint density at radius 1 is 0.864 bits per heavy atom. The van der Waals surface area contributed by atoms with Crippen LogP contribution in [0.3, 0.4) is 0 Å². The Morgan fingerprint density at radius 3 is 2.20 bits per heavy atom. The van der Waals surface area contributed by atoms with Crippen LogP contribution in [0, 0.1) is 13.8 Å². The zero-order valence-corrected chi connectivity index (χ0v) is 25.6. The van der Waals surface area contributed by atoms with Crippen molar-refractivity contribution in [1.29, 1.82) is 0 Å². The first-order valence-corrected chi connectivity index (χ1v) is 14.3. The summed E-state index contributed by atoms with van der Waals surface area (Å²) in [5.74, 6) is -1.95. The second-order valence-corrected chi connectivity index (χ2v) is 11.7. The second-order valence-electron chi connectivity index (χ2n) is 11.7. The van der Waals surface area contributed by atoms with Crippen molar-refractivity contribution in [2.24, 2.45) is 0 Å². The zero-order chi connectivity index (χ0) is 32.5. The molecule has 0 spiro atoms. The molecule has 0 saturated carbocycles. The Bertz CT molecular complexity index is 1450. The van der Waals surface area contributed by atoms with Gasteiger partial charge in [-0.1, -0.05) is 54.1 Å². The zero-order valence-electron chi connectivity index (χ0n) is 25.6. The van der Waals surface area contributed by atoms with Crippen molar-refractivity contribution >= 4 is 23.4 Å². The molecule has 0 fully saturated rings. The molecule has 3 aromatic rings. The number of alkyl halides is 3. The summed E-state index contributed by atoms with van der Waals surface area (Å²) in [6, 6.07) is 17.1. The topological polar surface area (TPSA) is 111 Å². The minimum atomic E-state index is -4.69. The van der Waals surface area contributed by atoms with Crippen LogP contribution in [0.15, 0.2) is 66.7 Å². The van der Waals surface area contributed by atoms with Gasteiger partial charge in [-0.05, 0) is 69.5 Å². The molecule has 3 rings (SSSR count). The van der Waals surface area contributed by atoms with Crippen LogP contribution < -0.4 is 26.6 Å². The number of nitrogens with one attached hydrogen (secondary N) is 5. The normalized spacial score (nSPS) is 12.3. The maximum absolute atomic E-state index is 13.6. The lowest BCUT2D eigenvalue weighted by Crippen LogP contribution is -2.56. The molecular formula is C33H40F3N5O3. The molecule has 1 atom stereocenters. The third kappa shape index (κ3) is 11.0. The predicted octanol–water partition coefficient (Wildman–Crippen LogP) is 4.85. The van der Waals surface area contributed by atoms with Gasteiger partial charge in [0.1, 0.15) is 6.04 Å². The van der Waals surface area contributed by atoms with Gasteiger partial charge in [0.05, 0.1) is 12.1 Å². The molecule has 0 unspecified atom stereocenters. The highest BCUT2D eigenvalue weighted by molar-refractivity contribution is 5.98. The Morgan fingerprint density at radius 2 is 1.57 bits per heavy atom. The summed E-state index contributed by atoms with van der Waals surface area (Å²) >= 11 is 0. The Hall–Kier alpha value is -4.38. The molecule has 0 heterocycles. The molecule has 0 aliphatic heterocycles. The molecule has 11 heteroatoms. The number of rotatable bonds is 12. The number of hydrogen-bond acceptors (Lipinski definition) is 5. The van der Waals surface area contributed by atoms with Gasteiger partial charge in [-0.25, -0.2) is 0 Å². The number of hydrogen-bond donors (Lipinski definition) is 5. The highest BCUT2D eigenvalue weighted by Crippen LogP contribution is 2.32. The molecule has 0 aliphatic carbocycles. The summed E-state index contributed by atoms with van der Waals surface area (Å²) in [5.41, 5.74) is 2.40. The maximum Gasteiger partial charge on any atom is 0.416 e. The quantitative estimate of drug-likeness (QED) is 0.201. The van der Waals surface area contributed by atoms with Crippen LogP contribution in [0.4, 0.5) is 18.9 Å². The first-order chi connectivity index (χ1) is 20.6. The van der Waals surface area contributed by atoms with E-state index in [0.717, 1.165) is 34.4 Å². The van der Waals surface area contributed by atoms with Gasteiger partial charge in [0.15, 0.2) is 0 Å². The number of aryl methyl sites for hydroxylation is 2. The van der Waals surface area contributed by atoms with Gasteiger partial charge >= 0.3 is 6.18 Å². The molecule has 0 aliphatic rings. The predicted molar refractivity (Wildman–Crippen MR) is 165 cm³/mol. The van der Waals surface area contributed by atoms with E-state index in [-0.39, 0.29) is 24.3 Å². The van der Waals surface area contributed by atoms with Gasteiger partial charge in [0, 0.05) is 36.4 Å². The van der Waals surface area contributed by atoms with E-state index in [1.807, 2.05) is 77.1 Å². The van der Waals surface area contributed by atoms with Crippen LogP contribution >= 0.6 is 0 Å². The number of anilines is 1. The summed E-state index contributed by atoms with van der Waals surface area (Å²) in [6.45, 7) is 9.71. The van der Waals surface area contributed by atoms with Crippen molar-refractivity contribution in [2.75, 3.05) is 18.4 Å². The molecule has 0 saturated heterocycles. The van der Waals surface area contributed by atoms with Crippen LogP contribution in [-0.2, 0) is 28.9 Å². The fourth-order valence-electron chi connectivity index (χ4n) is 4.39. The van der Waals surface area contributed by atoms with Crippen molar-refractivity contribution in [2.45, 2.75) is 65.5 Å². The largest absolute Gasteiger partial charge is 0.416 e. The standard InChI is InChI=1S/C33H40F3N5O3/c1-21-11-12-24(22(2)13-21)18-37-19-28(31(44)41-32(3,4)5)40-29(42)20-39-30(43)25-14-26(33(34,35)36)16-27(15-25)38-17-23-9-7-6-8-10-23/h6-16,28,37-38H,17-20H2,1-5H3,(H,39,43)(H,40,42)(H,41,44)/t28-/m0/s1. The highest BCUT2D eigenvalue weighted by Gasteiger charge is 2.32. The first-order valence-electron chi connectivity index (χ1n) is 14.3. The van der Waals surface area contributed by atoms with Gasteiger partial charge in [-0.15, -0.1) is 0 Å². The van der Waals surface area contributed by atoms with Gasteiger partial charge < -0.3 is 26.6 Å². The molecule has 0 radical (unpaired) electrons. The van der Waals surface area contributed by atoms with Gasteiger partial charge in [-0.2, -0.15) is 13.2 Å². The van der Waals surface area contributed by atoms with Crippen LogP contribution in [0.25, 0.3) is 0 Å². The number of carbonyl (C=O) groups is 3. The van der Waals surface area contributed by atoms with Crippen LogP contribution in [0.5, 0.6) is 0 Å². The van der Waals surface area contributed by atoms with Gasteiger partial charge in [0.2, 0.25) is 11.8 Å². The maximum atomic E-state index is 13.6. The summed E-state index contributed by atoms with van der Waals surface area (Å²) in [5, 5.41) is 13.9. The summed E-state index contributed by atoms with van der Waals surface area (Å²) in [4.78, 5) is 38.7. The van der Waals surface area contributed by atoms with Crippen molar-refractivity contribution in [3.8, 4) is 0 Å². The number of carbonyl (C=O) groups excluding carboxylic acids is 3. The third-order valence-corrected chi connectivity index (χ3v) is 6.58. The lowest BCUT2D eigenvalue weighted by atomic mass is 10.1. The van der Waals surface area contributed by atoms with E-state index in [0.29, 0.717) is 6.54 Å². The highest BCUT2D eigenvalue weighted by atomic mass is 19.4. The Labute approximate surface area is 256 Å². The molecule has 3 aromatic carbocycles. The van der Waals surface area contributed by atoms with Crippen LogP contribution in [0.1, 0.15) is 58.9 Å². The number of halogens is 3. The minimum Gasteiger partial charge on any atom is -0.381 e. The Balaban J connectivity index is 1.66. The van der Waals surface area contributed by atoms with Crippen LogP contribution in [-0.4, -0.2) is 42.4 Å². The molecule has 0 bridgehead atoms. The van der Waals surface area contributed by atoms with Gasteiger partial charge in [0.25, 0.3) is 5.91 Å². The summed E-state index contributed by atoms with van der Waals surface area (Å²) in [7, 11) is 0. The van der Waals surface area contributed by atoms with Gasteiger partial charge in [-0.3, -0.25) is 14.4 Å². The monoisotopic (exact) mass is 611 g/mol. The third-order valence-electron chi connectivity index (χ3n) is 6.58. The molecule has 5 N–H and O–H groups in total. The van der Waals surface area contributed by atoms with Crippen molar-refractivity contribution in [3.63, 3.8) is 0 Å². The van der Waals surface area contributed by atoms with Crippen molar-refractivity contribution in [1.82, 2.24) is 21.3 Å². The molecule has 0 aromatic heterocycles. The van der Waals surface area contributed by atoms with E-state index in [1.165, 1.54) is 6.07 Å². The summed E-state index contributed by atoms with van der Waals surface area (Å²) in [6.07, 6.45) is -4.69. The van der Waals surface area contributed by atoms with E-state index < -0.39 is 47.6 Å². The molecule has 44 heavy (non-hydrogen) atoms. The van der Waals surface area contributed by atoms with E-state index in [2.05, 4.69) is 32.7 Å². The number of benzene rings is 3. The van der Waals surface area contributed by atoms with E-state index in [1.54, 1.807) is 0 Å². The molecule has 8 nitrogen and oxygen atoms in total. The molecule has 3 amide bonds. The first kappa shape index (κ1) is 34.1. The second kappa shape index (κ2) is 14.9. The lowest BCUT2D eigenvalue weighted by Gasteiger charge is -2.26. The van der Waals surface area contributed by atoms with Crippen molar-refractivity contribution < 1.29 is 27.6 Å². The lowest BCUT2D eigenvalue weighted by molar-refractivity contribution is -0.137. The smallest absolute Gasteiger partial charge is 0.381 e. The Kier molecular flexibility index (Phi) is 11.5. The van der Waals surface area contributed by atoms with Crippen molar-refractivity contribution in [3.05, 3.63) is 100 Å².